The van der Waals surface area contributed by atoms with Crippen molar-refractivity contribution >= 4 is 5.91 Å². The van der Waals surface area contributed by atoms with Crippen LogP contribution in [0.4, 0.5) is 13.2 Å². The summed E-state index contributed by atoms with van der Waals surface area (Å²) >= 11 is 0. The zero-order valence-corrected chi connectivity index (χ0v) is 6.30. The number of aromatic nitrogens is 1. The van der Waals surface area contributed by atoms with E-state index in [4.69, 9.17) is 5.73 Å². The summed E-state index contributed by atoms with van der Waals surface area (Å²) in [6.07, 6.45) is -2.14. The molecular weight excluding hydrogens is 185 g/mol. The SMILES string of the molecule is NC(=O)c1cc(C(F)F)cnc1F. The number of hydrogen-bond acceptors (Lipinski definition) is 2. The standard InChI is InChI=1S/C7H5F3N2O/c8-5(9)3-1-4(7(11)13)6(10)12-2-3/h1-2,5H,(H2,11,13). The Kier molecular flexibility index (Phi) is 2.50. The highest BCUT2D eigenvalue weighted by atomic mass is 19.3. The summed E-state index contributed by atoms with van der Waals surface area (Å²) in [5.41, 5.74) is 3.56. The van der Waals surface area contributed by atoms with Crippen molar-refractivity contribution in [3.63, 3.8) is 0 Å². The second kappa shape index (κ2) is 3.42. The Morgan fingerprint density at radius 3 is 2.62 bits per heavy atom. The molecule has 6 heteroatoms. The van der Waals surface area contributed by atoms with Gasteiger partial charge in [-0.15, -0.1) is 0 Å². The van der Waals surface area contributed by atoms with E-state index in [1.165, 1.54) is 0 Å². The van der Waals surface area contributed by atoms with E-state index < -0.39 is 29.4 Å². The molecule has 0 saturated carbocycles. The lowest BCUT2D eigenvalue weighted by molar-refractivity contribution is 0.0994. The summed E-state index contributed by atoms with van der Waals surface area (Å²) in [4.78, 5) is 13.5. The molecule has 1 heterocycles. The van der Waals surface area contributed by atoms with E-state index in [-0.39, 0.29) is 0 Å². The number of primary amides is 1. The maximum Gasteiger partial charge on any atom is 0.265 e. The normalized spacial score (nSPS) is 10.5. The van der Waals surface area contributed by atoms with Gasteiger partial charge in [0.25, 0.3) is 12.3 Å². The molecule has 3 nitrogen and oxygen atoms in total. The van der Waals surface area contributed by atoms with Gasteiger partial charge in [0.2, 0.25) is 5.95 Å². The number of halogens is 3. The molecule has 2 N–H and O–H groups in total. The largest absolute Gasteiger partial charge is 0.365 e. The Morgan fingerprint density at radius 1 is 1.54 bits per heavy atom. The van der Waals surface area contributed by atoms with Gasteiger partial charge < -0.3 is 5.73 Å². The molecule has 0 fully saturated rings. The Hall–Kier alpha value is -1.59. The topological polar surface area (TPSA) is 56.0 Å². The minimum Gasteiger partial charge on any atom is -0.365 e. The fraction of sp³-hybridized carbons (Fsp3) is 0.143. The second-order valence-corrected chi connectivity index (χ2v) is 2.27. The third-order valence-electron chi connectivity index (χ3n) is 1.38. The van der Waals surface area contributed by atoms with Gasteiger partial charge in [0.05, 0.1) is 5.56 Å². The number of pyridine rings is 1. The average molecular weight is 190 g/mol. The molecule has 1 aromatic rings. The molecule has 0 radical (unpaired) electrons. The van der Waals surface area contributed by atoms with Crippen LogP contribution in [0.25, 0.3) is 0 Å². The van der Waals surface area contributed by atoms with Crippen molar-refractivity contribution in [2.45, 2.75) is 6.43 Å². The van der Waals surface area contributed by atoms with Crippen LogP contribution in [0.1, 0.15) is 22.3 Å². The molecule has 0 bridgehead atoms. The van der Waals surface area contributed by atoms with Gasteiger partial charge in [-0.25, -0.2) is 13.8 Å². The van der Waals surface area contributed by atoms with Crippen molar-refractivity contribution in [3.05, 3.63) is 29.3 Å². The molecule has 0 aliphatic rings. The van der Waals surface area contributed by atoms with Crippen molar-refractivity contribution in [2.75, 3.05) is 0 Å². The molecule has 0 aliphatic carbocycles. The molecule has 0 atom stereocenters. The number of nitrogens with zero attached hydrogens (tertiary/aromatic N) is 1. The molecule has 0 saturated heterocycles. The van der Waals surface area contributed by atoms with Crippen LogP contribution in [-0.2, 0) is 0 Å². The van der Waals surface area contributed by atoms with Crippen molar-refractivity contribution in [2.24, 2.45) is 5.73 Å². The number of rotatable bonds is 2. The maximum atomic E-state index is 12.6. The lowest BCUT2D eigenvalue weighted by Crippen LogP contribution is -2.14. The summed E-state index contributed by atoms with van der Waals surface area (Å²) < 4.78 is 36.7. The molecule has 0 aromatic carbocycles. The van der Waals surface area contributed by atoms with Crippen LogP contribution < -0.4 is 5.73 Å². The van der Waals surface area contributed by atoms with Crippen molar-refractivity contribution in [1.29, 1.82) is 0 Å². The van der Waals surface area contributed by atoms with Crippen LogP contribution in [-0.4, -0.2) is 10.9 Å². The van der Waals surface area contributed by atoms with Crippen LogP contribution in [0, 0.1) is 5.95 Å². The summed E-state index contributed by atoms with van der Waals surface area (Å²) in [6.45, 7) is 0. The van der Waals surface area contributed by atoms with E-state index in [0.717, 1.165) is 0 Å². The number of carbonyl (C=O) groups excluding carboxylic acids is 1. The van der Waals surface area contributed by atoms with E-state index >= 15 is 0 Å². The first-order valence-electron chi connectivity index (χ1n) is 3.25. The first-order chi connectivity index (χ1) is 6.02. The first kappa shape index (κ1) is 9.50. The number of hydrogen-bond donors (Lipinski definition) is 1. The third-order valence-corrected chi connectivity index (χ3v) is 1.38. The summed E-state index contributed by atoms with van der Waals surface area (Å²) in [7, 11) is 0. The van der Waals surface area contributed by atoms with Crippen molar-refractivity contribution in [3.8, 4) is 0 Å². The lowest BCUT2D eigenvalue weighted by Gasteiger charge is -2.01. The molecule has 1 aromatic heterocycles. The molecule has 1 amide bonds. The minimum atomic E-state index is -2.80. The number of nitrogens with two attached hydrogens (primary N) is 1. The molecule has 70 valence electrons. The van der Waals surface area contributed by atoms with E-state index in [1.807, 2.05) is 0 Å². The van der Waals surface area contributed by atoms with Crippen LogP contribution in [0.3, 0.4) is 0 Å². The first-order valence-corrected chi connectivity index (χ1v) is 3.25. The van der Waals surface area contributed by atoms with Gasteiger partial charge in [0.1, 0.15) is 0 Å². The van der Waals surface area contributed by atoms with E-state index in [0.29, 0.717) is 12.3 Å². The fourth-order valence-corrected chi connectivity index (χ4v) is 0.756. The number of alkyl halides is 2. The van der Waals surface area contributed by atoms with Gasteiger partial charge in [-0.2, -0.15) is 4.39 Å². The zero-order valence-electron chi connectivity index (χ0n) is 6.30. The molecule has 0 unspecified atom stereocenters. The van der Waals surface area contributed by atoms with E-state index in [2.05, 4.69) is 4.98 Å². The van der Waals surface area contributed by atoms with Crippen molar-refractivity contribution in [1.82, 2.24) is 4.98 Å². The van der Waals surface area contributed by atoms with Gasteiger partial charge in [0, 0.05) is 11.8 Å². The van der Waals surface area contributed by atoms with Crippen LogP contribution in [0.15, 0.2) is 12.3 Å². The Labute approximate surface area is 71.4 Å². The summed E-state index contributed by atoms with van der Waals surface area (Å²) in [5.74, 6) is -2.26. The van der Waals surface area contributed by atoms with Gasteiger partial charge in [-0.1, -0.05) is 0 Å². The number of carbonyl (C=O) groups is 1. The van der Waals surface area contributed by atoms with Crippen molar-refractivity contribution < 1.29 is 18.0 Å². The fourth-order valence-electron chi connectivity index (χ4n) is 0.756. The molecule has 13 heavy (non-hydrogen) atoms. The summed E-state index contributed by atoms with van der Waals surface area (Å²) in [6, 6.07) is 0.690. The predicted octanol–water partition coefficient (Wildman–Crippen LogP) is 1.26. The summed E-state index contributed by atoms with van der Waals surface area (Å²) in [5, 5.41) is 0. The van der Waals surface area contributed by atoms with Gasteiger partial charge >= 0.3 is 0 Å². The number of amides is 1. The Balaban J connectivity index is 3.19. The van der Waals surface area contributed by atoms with Gasteiger partial charge in [0.15, 0.2) is 0 Å². The molecule has 0 aliphatic heterocycles. The van der Waals surface area contributed by atoms with Gasteiger partial charge in [-0.05, 0) is 6.07 Å². The predicted molar refractivity (Wildman–Crippen MR) is 37.7 cm³/mol. The molecule has 1 rings (SSSR count). The van der Waals surface area contributed by atoms with Gasteiger partial charge in [-0.3, -0.25) is 4.79 Å². The van der Waals surface area contributed by atoms with Crippen LogP contribution >= 0.6 is 0 Å². The van der Waals surface area contributed by atoms with Crippen LogP contribution in [0.5, 0.6) is 0 Å². The molecular formula is C7H5F3N2O. The smallest absolute Gasteiger partial charge is 0.265 e. The van der Waals surface area contributed by atoms with E-state index in [1.54, 1.807) is 0 Å². The quantitative estimate of drug-likeness (QED) is 0.713. The van der Waals surface area contributed by atoms with E-state index in [9.17, 15) is 18.0 Å². The lowest BCUT2D eigenvalue weighted by atomic mass is 10.2. The average Bonchev–Trinajstić information content (AvgIpc) is 2.04. The highest BCUT2D eigenvalue weighted by molar-refractivity contribution is 5.92. The third kappa shape index (κ3) is 1.95. The Morgan fingerprint density at radius 2 is 2.15 bits per heavy atom. The zero-order chi connectivity index (χ0) is 10.0. The monoisotopic (exact) mass is 190 g/mol. The van der Waals surface area contributed by atoms with Crippen LogP contribution in [0.2, 0.25) is 0 Å². The second-order valence-electron chi connectivity index (χ2n) is 2.27. The minimum absolute atomic E-state index is 0.532. The highest BCUT2D eigenvalue weighted by Crippen LogP contribution is 2.19. The maximum absolute atomic E-state index is 12.6. The highest BCUT2D eigenvalue weighted by Gasteiger charge is 2.14. The molecule has 0 spiro atoms. The Bertz CT molecular complexity index is 341.